The predicted molar refractivity (Wildman–Crippen MR) is 75.1 cm³/mol. The molecule has 106 valence electrons. The van der Waals surface area contributed by atoms with Gasteiger partial charge in [-0.25, -0.2) is 0 Å². The fourth-order valence-electron chi connectivity index (χ4n) is 1.47. The lowest BCUT2D eigenvalue weighted by Gasteiger charge is -2.12. The van der Waals surface area contributed by atoms with Crippen molar-refractivity contribution in [3.63, 3.8) is 0 Å². The van der Waals surface area contributed by atoms with E-state index in [1.165, 1.54) is 12.1 Å². The van der Waals surface area contributed by atoms with E-state index in [1.54, 1.807) is 12.1 Å². The maximum absolute atomic E-state index is 12.5. The second kappa shape index (κ2) is 5.54. The first-order valence-corrected chi connectivity index (χ1v) is 6.54. The normalized spacial score (nSPS) is 11.4. The standard InChI is InChI=1S/C13H8BrClF3NO/c14-9-5-7(13(16,17)18)1-4-11(9)20-12-6-8(15)2-3-10(12)19/h1-6H,19H2. The number of benzene rings is 2. The van der Waals surface area contributed by atoms with Gasteiger partial charge < -0.3 is 10.5 Å². The van der Waals surface area contributed by atoms with Gasteiger partial charge >= 0.3 is 6.18 Å². The van der Waals surface area contributed by atoms with Crippen molar-refractivity contribution in [2.45, 2.75) is 6.18 Å². The summed E-state index contributed by atoms with van der Waals surface area (Å²) >= 11 is 8.85. The van der Waals surface area contributed by atoms with E-state index in [-0.39, 0.29) is 16.0 Å². The summed E-state index contributed by atoms with van der Waals surface area (Å²) < 4.78 is 43.3. The van der Waals surface area contributed by atoms with E-state index in [9.17, 15) is 13.2 Å². The Morgan fingerprint density at radius 3 is 2.35 bits per heavy atom. The summed E-state index contributed by atoms with van der Waals surface area (Å²) in [5.41, 5.74) is 5.27. The van der Waals surface area contributed by atoms with E-state index in [1.807, 2.05) is 0 Å². The molecule has 0 saturated carbocycles. The van der Waals surface area contributed by atoms with Gasteiger partial charge in [-0.3, -0.25) is 0 Å². The van der Waals surface area contributed by atoms with Crippen molar-refractivity contribution >= 4 is 33.2 Å². The van der Waals surface area contributed by atoms with E-state index in [2.05, 4.69) is 15.9 Å². The van der Waals surface area contributed by atoms with Gasteiger partial charge in [0.2, 0.25) is 0 Å². The summed E-state index contributed by atoms with van der Waals surface area (Å²) in [6, 6.07) is 7.71. The van der Waals surface area contributed by atoms with E-state index in [4.69, 9.17) is 22.1 Å². The lowest BCUT2D eigenvalue weighted by atomic mass is 10.2. The summed E-state index contributed by atoms with van der Waals surface area (Å²) in [6.45, 7) is 0. The van der Waals surface area contributed by atoms with Gasteiger partial charge in [-0.15, -0.1) is 0 Å². The van der Waals surface area contributed by atoms with Gasteiger partial charge in [-0.2, -0.15) is 13.2 Å². The first-order chi connectivity index (χ1) is 9.27. The minimum absolute atomic E-state index is 0.173. The quantitative estimate of drug-likeness (QED) is 0.713. The molecule has 0 radical (unpaired) electrons. The molecule has 0 heterocycles. The van der Waals surface area contributed by atoms with Crippen LogP contribution in [-0.4, -0.2) is 0 Å². The topological polar surface area (TPSA) is 35.2 Å². The van der Waals surface area contributed by atoms with Gasteiger partial charge in [0, 0.05) is 11.1 Å². The second-order valence-electron chi connectivity index (χ2n) is 3.93. The Kier molecular flexibility index (Phi) is 4.15. The summed E-state index contributed by atoms with van der Waals surface area (Å²) in [5, 5.41) is 0.414. The Labute approximate surface area is 126 Å². The largest absolute Gasteiger partial charge is 0.454 e. The molecule has 20 heavy (non-hydrogen) atoms. The third-order valence-electron chi connectivity index (χ3n) is 2.45. The number of nitrogens with two attached hydrogens (primary N) is 1. The van der Waals surface area contributed by atoms with E-state index >= 15 is 0 Å². The van der Waals surface area contributed by atoms with Crippen LogP contribution in [0.4, 0.5) is 18.9 Å². The summed E-state index contributed by atoms with van der Waals surface area (Å²) in [6.07, 6.45) is -4.41. The van der Waals surface area contributed by atoms with Crippen LogP contribution in [0.5, 0.6) is 11.5 Å². The van der Waals surface area contributed by atoms with Crippen LogP contribution in [0, 0.1) is 0 Å². The third-order valence-corrected chi connectivity index (χ3v) is 3.31. The number of nitrogen functional groups attached to an aromatic ring is 1. The number of hydrogen-bond donors (Lipinski definition) is 1. The lowest BCUT2D eigenvalue weighted by Crippen LogP contribution is -2.04. The Balaban J connectivity index is 2.33. The number of hydrogen-bond acceptors (Lipinski definition) is 2. The SMILES string of the molecule is Nc1ccc(Cl)cc1Oc1ccc(C(F)(F)F)cc1Br. The molecule has 0 saturated heterocycles. The van der Waals surface area contributed by atoms with Crippen LogP contribution < -0.4 is 10.5 Å². The van der Waals surface area contributed by atoms with Crippen molar-refractivity contribution < 1.29 is 17.9 Å². The van der Waals surface area contributed by atoms with Crippen LogP contribution >= 0.6 is 27.5 Å². The minimum atomic E-state index is -4.41. The molecule has 0 aliphatic heterocycles. The fourth-order valence-corrected chi connectivity index (χ4v) is 2.10. The molecule has 2 rings (SSSR count). The van der Waals surface area contributed by atoms with Crippen molar-refractivity contribution in [2.75, 3.05) is 5.73 Å². The Morgan fingerprint density at radius 1 is 1.05 bits per heavy atom. The molecule has 0 aliphatic rings. The monoisotopic (exact) mass is 365 g/mol. The molecule has 0 aliphatic carbocycles. The van der Waals surface area contributed by atoms with Gasteiger partial charge in [-0.05, 0) is 46.3 Å². The van der Waals surface area contributed by atoms with Crippen molar-refractivity contribution in [2.24, 2.45) is 0 Å². The first-order valence-electron chi connectivity index (χ1n) is 5.37. The third kappa shape index (κ3) is 3.37. The molecule has 0 unspecified atom stereocenters. The number of ether oxygens (including phenoxy) is 1. The molecule has 0 bridgehead atoms. The molecule has 2 aromatic rings. The summed E-state index contributed by atoms with van der Waals surface area (Å²) in [7, 11) is 0. The first kappa shape index (κ1) is 15.0. The highest BCUT2D eigenvalue weighted by atomic mass is 79.9. The summed E-state index contributed by atoms with van der Waals surface area (Å²) in [5.74, 6) is 0.491. The van der Waals surface area contributed by atoms with Gasteiger partial charge in [0.1, 0.15) is 5.75 Å². The summed E-state index contributed by atoms with van der Waals surface area (Å²) in [4.78, 5) is 0. The molecule has 0 spiro atoms. The van der Waals surface area contributed by atoms with Crippen molar-refractivity contribution in [1.82, 2.24) is 0 Å². The van der Waals surface area contributed by atoms with Gasteiger partial charge in [0.15, 0.2) is 5.75 Å². The molecule has 0 fully saturated rings. The molecule has 7 heteroatoms. The van der Waals surface area contributed by atoms with Crippen molar-refractivity contribution in [1.29, 1.82) is 0 Å². The molecule has 2 nitrogen and oxygen atoms in total. The molecule has 0 atom stereocenters. The van der Waals surface area contributed by atoms with Crippen LogP contribution in [-0.2, 0) is 6.18 Å². The Morgan fingerprint density at radius 2 is 1.75 bits per heavy atom. The number of anilines is 1. The molecular weight excluding hydrogens is 358 g/mol. The van der Waals surface area contributed by atoms with E-state index in [0.717, 1.165) is 12.1 Å². The number of rotatable bonds is 2. The zero-order valence-electron chi connectivity index (χ0n) is 9.84. The minimum Gasteiger partial charge on any atom is -0.454 e. The average Bonchev–Trinajstić information content (AvgIpc) is 2.35. The maximum Gasteiger partial charge on any atom is 0.416 e. The van der Waals surface area contributed by atoms with Crippen LogP contribution in [0.15, 0.2) is 40.9 Å². The molecule has 2 aromatic carbocycles. The van der Waals surface area contributed by atoms with Gasteiger partial charge in [-0.1, -0.05) is 11.6 Å². The van der Waals surface area contributed by atoms with Crippen molar-refractivity contribution in [3.05, 3.63) is 51.5 Å². The second-order valence-corrected chi connectivity index (χ2v) is 5.22. The zero-order chi connectivity index (χ0) is 14.9. The zero-order valence-corrected chi connectivity index (χ0v) is 12.2. The molecule has 2 N–H and O–H groups in total. The van der Waals surface area contributed by atoms with E-state index < -0.39 is 11.7 Å². The smallest absolute Gasteiger partial charge is 0.416 e. The Hall–Kier alpha value is -1.40. The molecule has 0 aromatic heterocycles. The fraction of sp³-hybridized carbons (Fsp3) is 0.0769. The number of halogens is 5. The maximum atomic E-state index is 12.5. The van der Waals surface area contributed by atoms with Gasteiger partial charge in [0.05, 0.1) is 15.7 Å². The van der Waals surface area contributed by atoms with E-state index in [0.29, 0.717) is 10.7 Å². The average molecular weight is 367 g/mol. The molecule has 0 amide bonds. The molecular formula is C13H8BrClF3NO. The van der Waals surface area contributed by atoms with Crippen LogP contribution in [0.2, 0.25) is 5.02 Å². The highest BCUT2D eigenvalue weighted by molar-refractivity contribution is 9.10. The predicted octanol–water partition coefficient (Wildman–Crippen LogP) is 5.50. The van der Waals surface area contributed by atoms with Gasteiger partial charge in [0.25, 0.3) is 0 Å². The number of alkyl halides is 3. The lowest BCUT2D eigenvalue weighted by molar-refractivity contribution is -0.137. The Bertz CT molecular complexity index is 646. The highest BCUT2D eigenvalue weighted by Crippen LogP contribution is 2.38. The van der Waals surface area contributed by atoms with Crippen molar-refractivity contribution in [3.8, 4) is 11.5 Å². The van der Waals surface area contributed by atoms with Crippen LogP contribution in [0.3, 0.4) is 0 Å². The van der Waals surface area contributed by atoms with Crippen LogP contribution in [0.1, 0.15) is 5.56 Å². The van der Waals surface area contributed by atoms with Crippen LogP contribution in [0.25, 0.3) is 0 Å². The highest BCUT2D eigenvalue weighted by Gasteiger charge is 2.31.